The normalized spacial score (nSPS) is 10.2. The Morgan fingerprint density at radius 2 is 2.35 bits per heavy atom. The summed E-state index contributed by atoms with van der Waals surface area (Å²) in [6.45, 7) is 0. The summed E-state index contributed by atoms with van der Waals surface area (Å²) in [5.41, 5.74) is 3.51. The molecule has 0 aliphatic rings. The fourth-order valence-electron chi connectivity index (χ4n) is 1.53. The van der Waals surface area contributed by atoms with Crippen LogP contribution in [0.1, 0.15) is 5.69 Å². The highest BCUT2D eigenvalue weighted by Gasteiger charge is 2.08. The molecule has 0 aliphatic carbocycles. The van der Waals surface area contributed by atoms with Crippen LogP contribution in [0.5, 0.6) is 5.75 Å². The quantitative estimate of drug-likeness (QED) is 0.447. The number of rotatable bonds is 5. The van der Waals surface area contributed by atoms with Crippen molar-refractivity contribution < 1.29 is 9.53 Å². The lowest BCUT2D eigenvalue weighted by Gasteiger charge is -2.06. The van der Waals surface area contributed by atoms with Crippen LogP contribution >= 0.6 is 22.9 Å². The molecule has 6 nitrogen and oxygen atoms in total. The molecule has 0 spiro atoms. The number of hydrogen-bond acceptors (Lipinski definition) is 6. The molecule has 8 heteroatoms. The van der Waals surface area contributed by atoms with Crippen LogP contribution < -0.4 is 21.3 Å². The number of carbonyl (C=O) groups excluding carboxylic acids is 1. The highest BCUT2D eigenvalue weighted by molar-refractivity contribution is 7.13. The first-order valence-electron chi connectivity index (χ1n) is 5.67. The first-order chi connectivity index (χ1) is 9.62. The second kappa shape index (κ2) is 6.56. The second-order valence-electron chi connectivity index (χ2n) is 3.86. The zero-order valence-electron chi connectivity index (χ0n) is 10.6. The van der Waals surface area contributed by atoms with Crippen molar-refractivity contribution in [1.29, 1.82) is 0 Å². The smallest absolute Gasteiger partial charge is 0.239 e. The first kappa shape index (κ1) is 14.6. The lowest BCUT2D eigenvalue weighted by molar-refractivity contribution is -0.120. The van der Waals surface area contributed by atoms with Crippen molar-refractivity contribution in [3.63, 3.8) is 0 Å². The Morgan fingerprint density at radius 1 is 1.55 bits per heavy atom. The zero-order valence-corrected chi connectivity index (χ0v) is 12.2. The topological polar surface area (TPSA) is 89.3 Å². The minimum atomic E-state index is -0.283. The number of nitrogens with zero attached hydrogens (tertiary/aromatic N) is 1. The van der Waals surface area contributed by atoms with Gasteiger partial charge in [-0.25, -0.2) is 10.8 Å². The maximum atomic E-state index is 11.1. The van der Waals surface area contributed by atoms with Gasteiger partial charge in [-0.2, -0.15) is 0 Å². The molecule has 0 atom stereocenters. The number of benzene rings is 1. The molecule has 20 heavy (non-hydrogen) atoms. The molecule has 0 saturated heterocycles. The second-order valence-corrected chi connectivity index (χ2v) is 5.13. The van der Waals surface area contributed by atoms with Gasteiger partial charge in [-0.15, -0.1) is 11.3 Å². The lowest BCUT2D eigenvalue weighted by Crippen LogP contribution is -2.31. The summed E-state index contributed by atoms with van der Waals surface area (Å²) in [6, 6.07) is 5.34. The number of halogens is 1. The number of ether oxygens (including phenoxy) is 1. The van der Waals surface area contributed by atoms with Crippen molar-refractivity contribution in [2.45, 2.75) is 6.42 Å². The van der Waals surface area contributed by atoms with Gasteiger partial charge in [0.15, 0.2) is 5.13 Å². The lowest BCUT2D eigenvalue weighted by atomic mass is 10.3. The number of anilines is 2. The summed E-state index contributed by atoms with van der Waals surface area (Å²) in [6.07, 6.45) is 0.151. The van der Waals surface area contributed by atoms with Crippen molar-refractivity contribution in [2.75, 3.05) is 12.4 Å². The van der Waals surface area contributed by atoms with E-state index in [1.54, 1.807) is 24.6 Å². The number of aromatic nitrogens is 1. The molecule has 1 aromatic carbocycles. The maximum Gasteiger partial charge on any atom is 0.239 e. The minimum Gasteiger partial charge on any atom is -0.495 e. The number of hydrazine groups is 1. The Hall–Kier alpha value is -1.83. The summed E-state index contributed by atoms with van der Waals surface area (Å²) in [5, 5.41) is 6.09. The van der Waals surface area contributed by atoms with Gasteiger partial charge in [0.25, 0.3) is 0 Å². The number of nitrogens with one attached hydrogen (secondary N) is 2. The van der Waals surface area contributed by atoms with E-state index in [0.717, 1.165) is 5.69 Å². The van der Waals surface area contributed by atoms with Gasteiger partial charge in [0.1, 0.15) is 5.75 Å². The van der Waals surface area contributed by atoms with Gasteiger partial charge in [0, 0.05) is 11.1 Å². The van der Waals surface area contributed by atoms with Crippen molar-refractivity contribution >= 4 is 39.7 Å². The van der Waals surface area contributed by atoms with Gasteiger partial charge in [-0.3, -0.25) is 10.2 Å². The van der Waals surface area contributed by atoms with Gasteiger partial charge in [0.2, 0.25) is 5.91 Å². The molecule has 0 saturated carbocycles. The summed E-state index contributed by atoms with van der Waals surface area (Å²) in [7, 11) is 1.56. The highest BCUT2D eigenvalue weighted by Crippen LogP contribution is 2.29. The standard InChI is InChI=1S/C12H13ClN4O2S/c1-19-10-3-2-7(4-9(10)13)15-12-16-8(6-20-12)5-11(18)17-14/h2-4,6H,5,14H2,1H3,(H,15,16)(H,17,18). The van der Waals surface area contributed by atoms with Crippen LogP contribution in [0.2, 0.25) is 5.02 Å². The molecule has 0 fully saturated rings. The summed E-state index contributed by atoms with van der Waals surface area (Å²) >= 11 is 7.44. The van der Waals surface area contributed by atoms with Crippen LogP contribution in [-0.2, 0) is 11.2 Å². The van der Waals surface area contributed by atoms with E-state index < -0.39 is 0 Å². The Morgan fingerprint density at radius 3 is 3.00 bits per heavy atom. The van der Waals surface area contributed by atoms with Gasteiger partial charge in [-0.1, -0.05) is 11.6 Å². The minimum absolute atomic E-state index is 0.151. The van der Waals surface area contributed by atoms with E-state index in [1.807, 2.05) is 6.07 Å². The molecular formula is C12H13ClN4O2S. The van der Waals surface area contributed by atoms with E-state index in [-0.39, 0.29) is 12.3 Å². The molecule has 4 N–H and O–H groups in total. The number of thiazole rings is 1. The molecule has 0 radical (unpaired) electrons. The third-order valence-electron chi connectivity index (χ3n) is 2.46. The molecule has 1 heterocycles. The van der Waals surface area contributed by atoms with Crippen molar-refractivity contribution in [3.05, 3.63) is 34.3 Å². The summed E-state index contributed by atoms with van der Waals surface area (Å²) in [4.78, 5) is 15.4. The van der Waals surface area contributed by atoms with Gasteiger partial charge in [0.05, 0.1) is 24.2 Å². The summed E-state index contributed by atoms with van der Waals surface area (Å²) in [5.74, 6) is 5.35. The fourth-order valence-corrected chi connectivity index (χ4v) is 2.52. The van der Waals surface area contributed by atoms with Crippen LogP contribution in [0.15, 0.2) is 23.6 Å². The van der Waals surface area contributed by atoms with Crippen molar-refractivity contribution in [3.8, 4) is 5.75 Å². The Kier molecular flexibility index (Phi) is 4.78. The van der Waals surface area contributed by atoms with Crippen molar-refractivity contribution in [1.82, 2.24) is 10.4 Å². The molecule has 0 bridgehead atoms. The van der Waals surface area contributed by atoms with E-state index in [9.17, 15) is 4.79 Å². The van der Waals surface area contributed by atoms with Crippen molar-refractivity contribution in [2.24, 2.45) is 5.84 Å². The average Bonchev–Trinajstić information content (AvgIpc) is 2.86. The SMILES string of the molecule is COc1ccc(Nc2nc(CC(=O)NN)cs2)cc1Cl. The summed E-state index contributed by atoms with van der Waals surface area (Å²) < 4.78 is 5.08. The molecular weight excluding hydrogens is 300 g/mol. The molecule has 0 unspecified atom stereocenters. The number of methoxy groups -OCH3 is 1. The molecule has 2 rings (SSSR count). The van der Waals surface area contributed by atoms with E-state index in [1.165, 1.54) is 11.3 Å². The van der Waals surface area contributed by atoms with Crippen LogP contribution in [0.3, 0.4) is 0 Å². The van der Waals surface area contributed by atoms with Crippen LogP contribution in [0.25, 0.3) is 0 Å². The zero-order chi connectivity index (χ0) is 14.5. The fraction of sp³-hybridized carbons (Fsp3) is 0.167. The maximum absolute atomic E-state index is 11.1. The third kappa shape index (κ3) is 3.60. The van der Waals surface area contributed by atoms with Gasteiger partial charge < -0.3 is 10.1 Å². The van der Waals surface area contributed by atoms with Crippen LogP contribution in [0.4, 0.5) is 10.8 Å². The largest absolute Gasteiger partial charge is 0.495 e. The molecule has 1 aromatic heterocycles. The van der Waals surface area contributed by atoms with E-state index in [4.69, 9.17) is 22.2 Å². The first-order valence-corrected chi connectivity index (χ1v) is 6.92. The predicted octanol–water partition coefficient (Wildman–Crippen LogP) is 2.08. The predicted molar refractivity (Wildman–Crippen MR) is 79.4 cm³/mol. The molecule has 1 amide bonds. The number of hydrogen-bond donors (Lipinski definition) is 3. The number of nitrogens with two attached hydrogens (primary N) is 1. The monoisotopic (exact) mass is 312 g/mol. The van der Waals surface area contributed by atoms with Gasteiger partial charge in [-0.05, 0) is 18.2 Å². The Labute approximate surface area is 124 Å². The molecule has 0 aliphatic heterocycles. The van der Waals surface area contributed by atoms with Crippen LogP contribution in [0, 0.1) is 0 Å². The third-order valence-corrected chi connectivity index (χ3v) is 3.56. The van der Waals surface area contributed by atoms with Crippen LogP contribution in [-0.4, -0.2) is 18.0 Å². The van der Waals surface area contributed by atoms with E-state index in [2.05, 4.69) is 15.7 Å². The molecule has 2 aromatic rings. The van der Waals surface area contributed by atoms with E-state index in [0.29, 0.717) is 21.6 Å². The average molecular weight is 313 g/mol. The molecule has 106 valence electrons. The Bertz CT molecular complexity index is 617. The Balaban J connectivity index is 2.06. The highest BCUT2D eigenvalue weighted by atomic mass is 35.5. The number of carbonyl (C=O) groups is 1. The van der Waals surface area contributed by atoms with Gasteiger partial charge >= 0.3 is 0 Å². The van der Waals surface area contributed by atoms with E-state index >= 15 is 0 Å². The number of amides is 1.